The molecule has 0 unspecified atom stereocenters. The van der Waals surface area contributed by atoms with Crippen LogP contribution in [-0.4, -0.2) is 6.18 Å². The smallest absolute Gasteiger partial charge is 0.191 e. The summed E-state index contributed by atoms with van der Waals surface area (Å²) in [5.74, 6) is -4.82. The molecular formula is C11H7F5S. The number of hydrogen-bond donors (Lipinski definition) is 0. The Morgan fingerprint density at radius 1 is 1.00 bits per heavy atom. The Labute approximate surface area is 97.7 Å². The molecule has 0 aliphatic heterocycles. The normalized spacial score (nSPS) is 13.3. The van der Waals surface area contributed by atoms with Crippen molar-refractivity contribution < 1.29 is 22.0 Å². The highest BCUT2D eigenvalue weighted by Crippen LogP contribution is 2.46. The van der Waals surface area contributed by atoms with Crippen LogP contribution in [0.15, 0.2) is 23.6 Å². The fraction of sp³-hybridized carbons (Fsp3) is 0.273. The van der Waals surface area contributed by atoms with Gasteiger partial charge in [0.15, 0.2) is 0 Å². The second kappa shape index (κ2) is 3.66. The molecule has 0 aliphatic carbocycles. The number of rotatable bonds is 1. The Morgan fingerprint density at radius 3 is 2.24 bits per heavy atom. The van der Waals surface area contributed by atoms with Gasteiger partial charge in [-0.2, -0.15) is 22.0 Å². The third-order valence-electron chi connectivity index (χ3n) is 2.53. The summed E-state index contributed by atoms with van der Waals surface area (Å²) in [4.78, 5) is 0.722. The minimum Gasteiger partial charge on any atom is -0.191 e. The lowest BCUT2D eigenvalue weighted by Gasteiger charge is -2.20. The van der Waals surface area contributed by atoms with Crippen LogP contribution in [0.1, 0.15) is 10.4 Å². The van der Waals surface area contributed by atoms with E-state index in [9.17, 15) is 22.0 Å². The standard InChI is InChI=1S/C11H7F5S/c1-6-7-3-2-4-9(8(7)5-17-6)10(12,13)11(14,15)16/h2-5H,1H3. The van der Waals surface area contributed by atoms with Gasteiger partial charge in [0, 0.05) is 15.8 Å². The molecule has 0 bridgehead atoms. The molecule has 2 rings (SSSR count). The summed E-state index contributed by atoms with van der Waals surface area (Å²) >= 11 is 1.16. The molecule has 0 atom stereocenters. The van der Waals surface area contributed by atoms with Crippen LogP contribution >= 0.6 is 11.3 Å². The SMILES string of the molecule is Cc1scc2c(C(F)(F)C(F)(F)F)cccc12. The summed E-state index contributed by atoms with van der Waals surface area (Å²) in [6.07, 6.45) is -5.57. The average Bonchev–Trinajstić information content (AvgIpc) is 2.59. The third kappa shape index (κ3) is 1.80. The number of thiophene rings is 1. The van der Waals surface area contributed by atoms with E-state index < -0.39 is 17.7 Å². The van der Waals surface area contributed by atoms with Crippen LogP contribution in [0.5, 0.6) is 0 Å². The summed E-state index contributed by atoms with van der Waals surface area (Å²) in [5, 5.41) is 1.74. The van der Waals surface area contributed by atoms with Gasteiger partial charge in [-0.05, 0) is 17.7 Å². The first-order valence-corrected chi connectivity index (χ1v) is 5.55. The first-order valence-electron chi connectivity index (χ1n) is 4.67. The molecule has 0 nitrogen and oxygen atoms in total. The molecule has 0 saturated carbocycles. The zero-order valence-corrected chi connectivity index (χ0v) is 9.42. The molecular weight excluding hydrogens is 259 g/mol. The molecule has 17 heavy (non-hydrogen) atoms. The Balaban J connectivity index is 2.72. The van der Waals surface area contributed by atoms with Crippen molar-refractivity contribution in [3.63, 3.8) is 0 Å². The van der Waals surface area contributed by atoms with Crippen molar-refractivity contribution >= 4 is 22.1 Å². The fourth-order valence-electron chi connectivity index (χ4n) is 1.64. The number of fused-ring (bicyclic) bond motifs is 1. The largest absolute Gasteiger partial charge is 0.458 e. The molecule has 2 aromatic rings. The van der Waals surface area contributed by atoms with Gasteiger partial charge in [-0.3, -0.25) is 0 Å². The lowest BCUT2D eigenvalue weighted by atomic mass is 10.0. The van der Waals surface area contributed by atoms with Crippen LogP contribution in [0.4, 0.5) is 22.0 Å². The maximum atomic E-state index is 13.3. The maximum absolute atomic E-state index is 13.3. The van der Waals surface area contributed by atoms with E-state index in [4.69, 9.17) is 0 Å². The first kappa shape index (κ1) is 12.3. The monoisotopic (exact) mass is 266 g/mol. The second-order valence-corrected chi connectivity index (χ2v) is 4.71. The predicted molar refractivity (Wildman–Crippen MR) is 56.5 cm³/mol. The third-order valence-corrected chi connectivity index (χ3v) is 3.46. The molecule has 1 aromatic carbocycles. The average molecular weight is 266 g/mol. The van der Waals surface area contributed by atoms with E-state index in [2.05, 4.69) is 0 Å². The molecule has 92 valence electrons. The Morgan fingerprint density at radius 2 is 1.65 bits per heavy atom. The topological polar surface area (TPSA) is 0 Å². The summed E-state index contributed by atoms with van der Waals surface area (Å²) in [6.45, 7) is 1.68. The Bertz CT molecular complexity index is 552. The molecule has 0 aliphatic rings. The van der Waals surface area contributed by atoms with Gasteiger partial charge >= 0.3 is 12.1 Å². The minimum atomic E-state index is -5.57. The summed E-state index contributed by atoms with van der Waals surface area (Å²) in [6, 6.07) is 3.58. The van der Waals surface area contributed by atoms with Gasteiger partial charge in [-0.25, -0.2) is 0 Å². The molecule has 1 heterocycles. The summed E-state index contributed by atoms with van der Waals surface area (Å²) < 4.78 is 63.5. The lowest BCUT2D eigenvalue weighted by molar-refractivity contribution is -0.288. The van der Waals surface area contributed by atoms with E-state index in [1.165, 1.54) is 17.5 Å². The quantitative estimate of drug-likeness (QED) is 0.646. The fourth-order valence-corrected chi connectivity index (χ4v) is 2.49. The zero-order chi connectivity index (χ0) is 12.8. The predicted octanol–water partition coefficient (Wildman–Crippen LogP) is 4.86. The van der Waals surface area contributed by atoms with Gasteiger partial charge in [-0.1, -0.05) is 18.2 Å². The van der Waals surface area contributed by atoms with E-state index in [0.29, 0.717) is 5.39 Å². The van der Waals surface area contributed by atoms with Crippen molar-refractivity contribution in [3.8, 4) is 0 Å². The highest BCUT2D eigenvalue weighted by atomic mass is 32.1. The number of halogens is 5. The Hall–Kier alpha value is -1.17. The van der Waals surface area contributed by atoms with Gasteiger partial charge in [0.1, 0.15) is 0 Å². The molecule has 6 heteroatoms. The van der Waals surface area contributed by atoms with E-state index in [-0.39, 0.29) is 5.39 Å². The molecule has 1 aromatic heterocycles. The number of aryl methyl sites for hydroxylation is 1. The van der Waals surface area contributed by atoms with Crippen molar-refractivity contribution in [2.75, 3.05) is 0 Å². The van der Waals surface area contributed by atoms with Crippen molar-refractivity contribution in [2.45, 2.75) is 19.0 Å². The van der Waals surface area contributed by atoms with Gasteiger partial charge in [0.2, 0.25) is 0 Å². The van der Waals surface area contributed by atoms with E-state index in [1.54, 1.807) is 6.92 Å². The first-order chi connectivity index (χ1) is 7.75. The molecule has 0 saturated heterocycles. The van der Waals surface area contributed by atoms with Crippen LogP contribution in [0.3, 0.4) is 0 Å². The van der Waals surface area contributed by atoms with E-state index in [0.717, 1.165) is 22.3 Å². The van der Waals surface area contributed by atoms with Crippen molar-refractivity contribution in [1.29, 1.82) is 0 Å². The zero-order valence-electron chi connectivity index (χ0n) is 8.61. The van der Waals surface area contributed by atoms with E-state index >= 15 is 0 Å². The molecule has 0 spiro atoms. The summed E-state index contributed by atoms with van der Waals surface area (Å²) in [7, 11) is 0. The van der Waals surface area contributed by atoms with Crippen LogP contribution in [0.2, 0.25) is 0 Å². The second-order valence-electron chi connectivity index (χ2n) is 3.63. The van der Waals surface area contributed by atoms with E-state index in [1.807, 2.05) is 0 Å². The van der Waals surface area contributed by atoms with Crippen molar-refractivity contribution in [1.82, 2.24) is 0 Å². The Kier molecular flexibility index (Phi) is 2.65. The lowest BCUT2D eigenvalue weighted by Crippen LogP contribution is -2.33. The number of benzene rings is 1. The van der Waals surface area contributed by atoms with Crippen molar-refractivity contribution in [2.24, 2.45) is 0 Å². The highest BCUT2D eigenvalue weighted by molar-refractivity contribution is 7.11. The van der Waals surface area contributed by atoms with Crippen LogP contribution < -0.4 is 0 Å². The molecule has 0 amide bonds. The highest BCUT2D eigenvalue weighted by Gasteiger charge is 2.59. The maximum Gasteiger partial charge on any atom is 0.458 e. The van der Waals surface area contributed by atoms with Crippen molar-refractivity contribution in [3.05, 3.63) is 34.0 Å². The molecule has 0 radical (unpaired) electrons. The van der Waals surface area contributed by atoms with Gasteiger partial charge in [-0.15, -0.1) is 11.3 Å². The summed E-state index contributed by atoms with van der Waals surface area (Å²) in [5.41, 5.74) is -0.980. The van der Waals surface area contributed by atoms with Crippen LogP contribution in [0.25, 0.3) is 10.8 Å². The van der Waals surface area contributed by atoms with Crippen LogP contribution in [0, 0.1) is 6.92 Å². The number of hydrogen-bond acceptors (Lipinski definition) is 1. The van der Waals surface area contributed by atoms with Gasteiger partial charge in [0.25, 0.3) is 0 Å². The minimum absolute atomic E-state index is 0.0303. The molecule has 0 fully saturated rings. The van der Waals surface area contributed by atoms with Crippen LogP contribution in [-0.2, 0) is 5.92 Å². The molecule has 0 N–H and O–H groups in total. The van der Waals surface area contributed by atoms with Gasteiger partial charge in [0.05, 0.1) is 0 Å². The van der Waals surface area contributed by atoms with Gasteiger partial charge < -0.3 is 0 Å². The number of alkyl halides is 5.